The Morgan fingerprint density at radius 1 is 1.35 bits per heavy atom. The Bertz CT molecular complexity index is 556. The van der Waals surface area contributed by atoms with Crippen LogP contribution in [0.25, 0.3) is 11.0 Å². The average molecular weight is 313 g/mol. The van der Waals surface area contributed by atoms with E-state index in [0.29, 0.717) is 5.88 Å². The Kier molecular flexibility index (Phi) is 6.05. The Morgan fingerprint density at radius 2 is 2.20 bits per heavy atom. The summed E-state index contributed by atoms with van der Waals surface area (Å²) in [4.78, 5) is 4.70. The van der Waals surface area contributed by atoms with Crippen molar-refractivity contribution in [2.24, 2.45) is 0 Å². The summed E-state index contributed by atoms with van der Waals surface area (Å²) in [6.45, 7) is 1.01. The SMILES string of the molecule is COc1ccc2c(c1)nc(CCCl)n2CCCCSC. The average Bonchev–Trinajstić information content (AvgIpc) is 2.80. The number of methoxy groups -OCH3 is 1. The maximum absolute atomic E-state index is 5.90. The van der Waals surface area contributed by atoms with Crippen LogP contribution >= 0.6 is 23.4 Å². The summed E-state index contributed by atoms with van der Waals surface area (Å²) in [6, 6.07) is 6.08. The number of thioether (sulfide) groups is 1. The number of halogens is 1. The normalized spacial score (nSPS) is 11.2. The quantitative estimate of drug-likeness (QED) is 0.545. The summed E-state index contributed by atoms with van der Waals surface area (Å²) in [5, 5.41) is 0. The van der Waals surface area contributed by atoms with E-state index in [1.54, 1.807) is 7.11 Å². The molecule has 1 aromatic heterocycles. The van der Waals surface area contributed by atoms with E-state index < -0.39 is 0 Å². The number of nitrogens with zero attached hydrogens (tertiary/aromatic N) is 2. The molecule has 0 spiro atoms. The van der Waals surface area contributed by atoms with E-state index in [-0.39, 0.29) is 0 Å². The minimum Gasteiger partial charge on any atom is -0.497 e. The largest absolute Gasteiger partial charge is 0.497 e. The second-order valence-electron chi connectivity index (χ2n) is 4.67. The second-order valence-corrected chi connectivity index (χ2v) is 6.04. The fourth-order valence-corrected chi connectivity index (χ4v) is 2.99. The summed E-state index contributed by atoms with van der Waals surface area (Å²) in [6.07, 6.45) is 5.36. The zero-order valence-corrected chi connectivity index (χ0v) is 13.6. The van der Waals surface area contributed by atoms with E-state index in [4.69, 9.17) is 21.3 Å². The second kappa shape index (κ2) is 7.79. The van der Waals surface area contributed by atoms with Crippen LogP contribution in [0.15, 0.2) is 18.2 Å². The molecule has 0 atom stereocenters. The number of hydrogen-bond donors (Lipinski definition) is 0. The van der Waals surface area contributed by atoms with Gasteiger partial charge in [-0.1, -0.05) is 0 Å². The molecular formula is C15H21ClN2OS. The summed E-state index contributed by atoms with van der Waals surface area (Å²) in [5.74, 6) is 3.74. The van der Waals surface area contributed by atoms with Gasteiger partial charge in [-0.15, -0.1) is 11.6 Å². The van der Waals surface area contributed by atoms with Gasteiger partial charge in [0.25, 0.3) is 0 Å². The first-order valence-corrected chi connectivity index (χ1v) is 8.81. The van der Waals surface area contributed by atoms with Crippen molar-refractivity contribution in [1.29, 1.82) is 0 Å². The maximum atomic E-state index is 5.90. The van der Waals surface area contributed by atoms with Crippen molar-refractivity contribution in [3.8, 4) is 5.75 Å². The van der Waals surface area contributed by atoms with E-state index >= 15 is 0 Å². The summed E-state index contributed by atoms with van der Waals surface area (Å²) >= 11 is 7.80. The molecule has 0 unspecified atom stereocenters. The first kappa shape index (κ1) is 15.5. The molecule has 0 N–H and O–H groups in total. The molecule has 0 amide bonds. The number of rotatable bonds is 8. The molecule has 0 saturated carbocycles. The molecule has 0 aliphatic carbocycles. The van der Waals surface area contributed by atoms with Gasteiger partial charge in [0.2, 0.25) is 0 Å². The van der Waals surface area contributed by atoms with Crippen molar-refractivity contribution in [2.45, 2.75) is 25.8 Å². The molecule has 0 aliphatic rings. The van der Waals surface area contributed by atoms with Gasteiger partial charge in [0, 0.05) is 24.9 Å². The molecule has 1 heterocycles. The molecule has 20 heavy (non-hydrogen) atoms. The predicted molar refractivity (Wildman–Crippen MR) is 88.3 cm³/mol. The number of benzene rings is 1. The van der Waals surface area contributed by atoms with Crippen LogP contribution in [0, 0.1) is 0 Å². The zero-order chi connectivity index (χ0) is 14.4. The van der Waals surface area contributed by atoms with E-state index in [9.17, 15) is 0 Å². The Hall–Kier alpha value is -0.870. The van der Waals surface area contributed by atoms with Crippen molar-refractivity contribution in [3.63, 3.8) is 0 Å². The summed E-state index contributed by atoms with van der Waals surface area (Å²) in [5.41, 5.74) is 2.17. The maximum Gasteiger partial charge on any atom is 0.121 e. The number of ether oxygens (including phenoxy) is 1. The Labute approximate surface area is 129 Å². The summed E-state index contributed by atoms with van der Waals surface area (Å²) < 4.78 is 7.57. The molecule has 0 saturated heterocycles. The molecule has 1 aromatic carbocycles. The highest BCUT2D eigenvalue weighted by atomic mass is 35.5. The standard InChI is InChI=1S/C15H21ClN2OS/c1-19-12-5-6-14-13(11-12)17-15(7-8-16)18(14)9-3-4-10-20-2/h5-6,11H,3-4,7-10H2,1-2H3. The molecule has 3 nitrogen and oxygen atoms in total. The zero-order valence-electron chi connectivity index (χ0n) is 12.1. The molecule has 5 heteroatoms. The molecule has 2 aromatic rings. The predicted octanol–water partition coefficient (Wildman–Crippen LogP) is 3.97. The van der Waals surface area contributed by atoms with Crippen LogP contribution in [0.4, 0.5) is 0 Å². The third-order valence-electron chi connectivity index (χ3n) is 3.33. The fourth-order valence-electron chi connectivity index (χ4n) is 2.33. The van der Waals surface area contributed by atoms with Crippen LogP contribution in [0.2, 0.25) is 0 Å². The van der Waals surface area contributed by atoms with Crippen molar-refractivity contribution in [1.82, 2.24) is 9.55 Å². The highest BCUT2D eigenvalue weighted by Gasteiger charge is 2.10. The lowest BCUT2D eigenvalue weighted by atomic mass is 10.3. The Morgan fingerprint density at radius 3 is 2.90 bits per heavy atom. The third-order valence-corrected chi connectivity index (χ3v) is 4.22. The van der Waals surface area contributed by atoms with Gasteiger partial charge in [0.1, 0.15) is 11.6 Å². The molecule has 0 radical (unpaired) electrons. The lowest BCUT2D eigenvalue weighted by molar-refractivity contribution is 0.415. The molecule has 0 bridgehead atoms. The lowest BCUT2D eigenvalue weighted by Gasteiger charge is -2.08. The molecule has 0 fully saturated rings. The van der Waals surface area contributed by atoms with Gasteiger partial charge < -0.3 is 9.30 Å². The number of unbranched alkanes of at least 4 members (excludes halogenated alkanes) is 1. The molecule has 0 aliphatic heterocycles. The van der Waals surface area contributed by atoms with E-state index in [1.807, 2.05) is 23.9 Å². The van der Waals surface area contributed by atoms with Crippen LogP contribution in [0.3, 0.4) is 0 Å². The lowest BCUT2D eigenvalue weighted by Crippen LogP contribution is -2.05. The first-order chi connectivity index (χ1) is 9.80. The van der Waals surface area contributed by atoms with E-state index in [0.717, 1.165) is 30.1 Å². The van der Waals surface area contributed by atoms with Crippen molar-refractivity contribution in [3.05, 3.63) is 24.0 Å². The minimum atomic E-state index is 0.602. The van der Waals surface area contributed by atoms with Gasteiger partial charge in [-0.05, 0) is 37.0 Å². The highest BCUT2D eigenvalue weighted by molar-refractivity contribution is 7.98. The van der Waals surface area contributed by atoms with Crippen LogP contribution in [0.1, 0.15) is 18.7 Å². The number of aryl methyl sites for hydroxylation is 2. The van der Waals surface area contributed by atoms with E-state index in [1.165, 1.54) is 24.1 Å². The highest BCUT2D eigenvalue weighted by Crippen LogP contribution is 2.23. The summed E-state index contributed by atoms with van der Waals surface area (Å²) in [7, 11) is 1.68. The van der Waals surface area contributed by atoms with Gasteiger partial charge in [0.15, 0.2) is 0 Å². The number of fused-ring (bicyclic) bond motifs is 1. The molecule has 2 rings (SSSR count). The Balaban J connectivity index is 2.25. The third kappa shape index (κ3) is 3.61. The van der Waals surface area contributed by atoms with E-state index in [2.05, 4.69) is 16.9 Å². The smallest absolute Gasteiger partial charge is 0.121 e. The number of aromatic nitrogens is 2. The van der Waals surface area contributed by atoms with Gasteiger partial charge >= 0.3 is 0 Å². The fraction of sp³-hybridized carbons (Fsp3) is 0.533. The minimum absolute atomic E-state index is 0.602. The monoisotopic (exact) mass is 312 g/mol. The number of hydrogen-bond acceptors (Lipinski definition) is 3. The van der Waals surface area contributed by atoms with Gasteiger partial charge in [-0.3, -0.25) is 0 Å². The first-order valence-electron chi connectivity index (χ1n) is 6.88. The van der Waals surface area contributed by atoms with Crippen LogP contribution in [0.5, 0.6) is 5.75 Å². The van der Waals surface area contributed by atoms with Gasteiger partial charge in [-0.2, -0.15) is 11.8 Å². The van der Waals surface area contributed by atoms with Crippen LogP contribution in [-0.2, 0) is 13.0 Å². The van der Waals surface area contributed by atoms with Crippen molar-refractivity contribution in [2.75, 3.05) is 25.0 Å². The van der Waals surface area contributed by atoms with Gasteiger partial charge in [-0.25, -0.2) is 4.98 Å². The van der Waals surface area contributed by atoms with Crippen LogP contribution in [-0.4, -0.2) is 34.5 Å². The number of alkyl halides is 1. The van der Waals surface area contributed by atoms with Crippen molar-refractivity contribution >= 4 is 34.4 Å². The number of imidazole rings is 1. The topological polar surface area (TPSA) is 27.1 Å². The van der Waals surface area contributed by atoms with Gasteiger partial charge in [0.05, 0.1) is 18.1 Å². The molecular weight excluding hydrogens is 292 g/mol. The van der Waals surface area contributed by atoms with Crippen molar-refractivity contribution < 1.29 is 4.74 Å². The molecule has 110 valence electrons. The van der Waals surface area contributed by atoms with Crippen LogP contribution < -0.4 is 4.74 Å².